The zero-order valence-corrected chi connectivity index (χ0v) is 12.5. The second-order valence-corrected chi connectivity index (χ2v) is 5.23. The van der Waals surface area contributed by atoms with Crippen molar-refractivity contribution >= 4 is 17.5 Å². The van der Waals surface area contributed by atoms with Gasteiger partial charge in [0.1, 0.15) is 0 Å². The summed E-state index contributed by atoms with van der Waals surface area (Å²) in [4.78, 5) is 25.1. The number of anilines is 1. The molecule has 0 unspecified atom stereocenters. The number of rotatable bonds is 5. The van der Waals surface area contributed by atoms with Crippen LogP contribution < -0.4 is 15.5 Å². The lowest BCUT2D eigenvalue weighted by molar-refractivity contribution is -0.139. The van der Waals surface area contributed by atoms with Crippen LogP contribution in [0.1, 0.15) is 25.3 Å². The van der Waals surface area contributed by atoms with E-state index < -0.39 is 11.8 Å². The van der Waals surface area contributed by atoms with Crippen molar-refractivity contribution in [3.05, 3.63) is 29.8 Å². The van der Waals surface area contributed by atoms with Crippen LogP contribution in [0.3, 0.4) is 0 Å². The molecule has 1 saturated heterocycles. The van der Waals surface area contributed by atoms with Gasteiger partial charge in [0.2, 0.25) is 0 Å². The predicted molar refractivity (Wildman–Crippen MR) is 83.3 cm³/mol. The second-order valence-electron chi connectivity index (χ2n) is 5.23. The number of nitrogens with one attached hydrogen (secondary N) is 2. The van der Waals surface area contributed by atoms with E-state index >= 15 is 0 Å². The molecule has 2 rings (SSSR count). The second kappa shape index (κ2) is 7.67. The molecule has 5 heteroatoms. The van der Waals surface area contributed by atoms with E-state index in [4.69, 9.17) is 0 Å². The number of carbonyl (C=O) groups is 2. The molecule has 1 heterocycles. The standard InChI is InChI=1S/C16H23N3O2/c1-2-17-15(20)16(21)18-10-9-13-5-7-14(8-6-13)19-11-3-4-12-19/h5-8H,2-4,9-12H2,1H3,(H,17,20)(H,18,21). The highest BCUT2D eigenvalue weighted by molar-refractivity contribution is 6.35. The molecule has 0 aromatic heterocycles. The van der Waals surface area contributed by atoms with E-state index in [2.05, 4.69) is 39.8 Å². The first-order valence-electron chi connectivity index (χ1n) is 7.60. The van der Waals surface area contributed by atoms with E-state index in [1.165, 1.54) is 18.5 Å². The molecule has 0 spiro atoms. The minimum absolute atomic E-state index is 0.463. The smallest absolute Gasteiger partial charge is 0.309 e. The number of hydrogen-bond donors (Lipinski definition) is 2. The van der Waals surface area contributed by atoms with Crippen molar-refractivity contribution in [1.82, 2.24) is 10.6 Å². The third kappa shape index (κ3) is 4.48. The van der Waals surface area contributed by atoms with Gasteiger partial charge in [-0.05, 0) is 43.9 Å². The van der Waals surface area contributed by atoms with Gasteiger partial charge in [0, 0.05) is 31.9 Å². The lowest BCUT2D eigenvalue weighted by Gasteiger charge is -2.17. The summed E-state index contributed by atoms with van der Waals surface area (Å²) in [5, 5.41) is 5.10. The Balaban J connectivity index is 1.76. The molecule has 0 bridgehead atoms. The maximum absolute atomic E-state index is 11.4. The van der Waals surface area contributed by atoms with Crippen molar-refractivity contribution in [3.63, 3.8) is 0 Å². The van der Waals surface area contributed by atoms with Gasteiger partial charge in [0.15, 0.2) is 0 Å². The Kier molecular flexibility index (Phi) is 5.60. The van der Waals surface area contributed by atoms with Crippen LogP contribution in [0, 0.1) is 0 Å². The predicted octanol–water partition coefficient (Wildman–Crippen LogP) is 1.08. The van der Waals surface area contributed by atoms with Crippen LogP contribution in [0.15, 0.2) is 24.3 Å². The summed E-state index contributed by atoms with van der Waals surface area (Å²) in [5.41, 5.74) is 2.43. The number of carbonyl (C=O) groups excluding carboxylic acids is 2. The summed E-state index contributed by atoms with van der Waals surface area (Å²) < 4.78 is 0. The van der Waals surface area contributed by atoms with E-state index in [9.17, 15) is 9.59 Å². The number of amides is 2. The fourth-order valence-electron chi connectivity index (χ4n) is 2.49. The molecular formula is C16H23N3O2. The van der Waals surface area contributed by atoms with Crippen LogP contribution >= 0.6 is 0 Å². The molecular weight excluding hydrogens is 266 g/mol. The first-order chi connectivity index (χ1) is 10.2. The van der Waals surface area contributed by atoms with E-state index in [-0.39, 0.29) is 0 Å². The number of benzene rings is 1. The summed E-state index contributed by atoms with van der Waals surface area (Å²) in [6.07, 6.45) is 3.27. The van der Waals surface area contributed by atoms with Crippen LogP contribution in [0.2, 0.25) is 0 Å². The molecule has 2 amide bonds. The Hall–Kier alpha value is -2.04. The van der Waals surface area contributed by atoms with Crippen molar-refractivity contribution in [2.24, 2.45) is 0 Å². The molecule has 0 atom stereocenters. The van der Waals surface area contributed by atoms with Gasteiger partial charge >= 0.3 is 11.8 Å². The van der Waals surface area contributed by atoms with E-state index in [1.54, 1.807) is 6.92 Å². The Morgan fingerprint density at radius 1 is 1.05 bits per heavy atom. The topological polar surface area (TPSA) is 61.4 Å². The summed E-state index contributed by atoms with van der Waals surface area (Å²) >= 11 is 0. The number of likely N-dealkylation sites (N-methyl/N-ethyl adjacent to an activating group) is 1. The summed E-state index contributed by atoms with van der Waals surface area (Å²) in [6.45, 7) is 5.00. The first-order valence-corrected chi connectivity index (χ1v) is 7.60. The van der Waals surface area contributed by atoms with E-state index in [0.29, 0.717) is 13.1 Å². The first kappa shape index (κ1) is 15.4. The van der Waals surface area contributed by atoms with Crippen LogP contribution in [0.5, 0.6) is 0 Å². The summed E-state index contributed by atoms with van der Waals surface area (Å²) in [5.74, 6) is -1.13. The van der Waals surface area contributed by atoms with Gasteiger partial charge in [-0.2, -0.15) is 0 Å². The van der Waals surface area contributed by atoms with Gasteiger partial charge < -0.3 is 15.5 Å². The van der Waals surface area contributed by atoms with Gasteiger partial charge in [-0.15, -0.1) is 0 Å². The molecule has 114 valence electrons. The van der Waals surface area contributed by atoms with Crippen LogP contribution in [0.25, 0.3) is 0 Å². The zero-order chi connectivity index (χ0) is 15.1. The molecule has 1 aromatic carbocycles. The van der Waals surface area contributed by atoms with Crippen molar-refractivity contribution in [2.45, 2.75) is 26.2 Å². The van der Waals surface area contributed by atoms with Crippen LogP contribution in [-0.4, -0.2) is 38.0 Å². The highest BCUT2D eigenvalue weighted by atomic mass is 16.2. The Morgan fingerprint density at radius 2 is 1.67 bits per heavy atom. The number of hydrogen-bond acceptors (Lipinski definition) is 3. The Labute approximate surface area is 125 Å². The highest BCUT2D eigenvalue weighted by Gasteiger charge is 2.12. The van der Waals surface area contributed by atoms with Gasteiger partial charge in [0.05, 0.1) is 0 Å². The van der Waals surface area contributed by atoms with Gasteiger partial charge in [-0.1, -0.05) is 12.1 Å². The SMILES string of the molecule is CCNC(=O)C(=O)NCCc1ccc(N2CCCC2)cc1. The number of nitrogens with zero attached hydrogens (tertiary/aromatic N) is 1. The normalized spacial score (nSPS) is 14.0. The monoisotopic (exact) mass is 289 g/mol. The average Bonchev–Trinajstić information content (AvgIpc) is 3.02. The lowest BCUT2D eigenvalue weighted by atomic mass is 10.1. The minimum Gasteiger partial charge on any atom is -0.372 e. The lowest BCUT2D eigenvalue weighted by Crippen LogP contribution is -2.40. The molecule has 2 N–H and O–H groups in total. The molecule has 0 aliphatic carbocycles. The van der Waals surface area contributed by atoms with Crippen molar-refractivity contribution in [3.8, 4) is 0 Å². The van der Waals surface area contributed by atoms with Crippen molar-refractivity contribution in [1.29, 1.82) is 0 Å². The molecule has 5 nitrogen and oxygen atoms in total. The molecule has 21 heavy (non-hydrogen) atoms. The maximum atomic E-state index is 11.4. The summed E-state index contributed by atoms with van der Waals surface area (Å²) in [6, 6.07) is 8.44. The minimum atomic E-state index is -0.568. The third-order valence-corrected chi connectivity index (χ3v) is 3.65. The third-order valence-electron chi connectivity index (χ3n) is 3.65. The molecule has 1 fully saturated rings. The van der Waals surface area contributed by atoms with Gasteiger partial charge in [-0.25, -0.2) is 0 Å². The highest BCUT2D eigenvalue weighted by Crippen LogP contribution is 2.20. The fourth-order valence-corrected chi connectivity index (χ4v) is 2.49. The fraction of sp³-hybridized carbons (Fsp3) is 0.500. The molecule has 1 aliphatic heterocycles. The maximum Gasteiger partial charge on any atom is 0.309 e. The quantitative estimate of drug-likeness (QED) is 0.798. The Morgan fingerprint density at radius 3 is 2.29 bits per heavy atom. The Bertz CT molecular complexity index is 479. The molecule has 1 aromatic rings. The molecule has 1 aliphatic rings. The van der Waals surface area contributed by atoms with Crippen LogP contribution in [0.4, 0.5) is 5.69 Å². The summed E-state index contributed by atoms with van der Waals surface area (Å²) in [7, 11) is 0. The molecule has 0 radical (unpaired) electrons. The largest absolute Gasteiger partial charge is 0.372 e. The van der Waals surface area contributed by atoms with E-state index in [1.807, 2.05) is 0 Å². The van der Waals surface area contributed by atoms with Crippen LogP contribution in [-0.2, 0) is 16.0 Å². The zero-order valence-electron chi connectivity index (χ0n) is 12.5. The van der Waals surface area contributed by atoms with E-state index in [0.717, 1.165) is 25.1 Å². The van der Waals surface area contributed by atoms with Crippen molar-refractivity contribution < 1.29 is 9.59 Å². The van der Waals surface area contributed by atoms with Gasteiger partial charge in [0.25, 0.3) is 0 Å². The molecule has 0 saturated carbocycles. The average molecular weight is 289 g/mol. The van der Waals surface area contributed by atoms with Gasteiger partial charge in [-0.3, -0.25) is 9.59 Å². The van der Waals surface area contributed by atoms with Crippen molar-refractivity contribution in [2.75, 3.05) is 31.1 Å².